The number of aliphatic hydroxyl groups is 1. The van der Waals surface area contributed by atoms with Crippen molar-refractivity contribution in [2.45, 2.75) is 13.1 Å². The number of benzene rings is 1. The standard InChI is InChI=1S/C17H15Cl2N5O4/c18-9-3-10(22-12(26)7-25)14-13(8-4-20-21-5-8)11-6-23(17(27)28)1-2-24(11)16(14)15(9)19/h3-5,25H,1-2,6-7H2,(H,20,21)(H,22,26)(H,27,28). The number of anilines is 1. The number of amides is 2. The van der Waals surface area contributed by atoms with Gasteiger partial charge >= 0.3 is 6.09 Å². The topological polar surface area (TPSA) is 123 Å². The van der Waals surface area contributed by atoms with Gasteiger partial charge in [-0.1, -0.05) is 23.2 Å². The maximum atomic E-state index is 11.9. The number of H-pyrrole nitrogens is 1. The summed E-state index contributed by atoms with van der Waals surface area (Å²) in [6, 6.07) is 1.52. The lowest BCUT2D eigenvalue weighted by Gasteiger charge is -2.27. The molecule has 0 saturated carbocycles. The molecule has 0 atom stereocenters. The zero-order valence-electron chi connectivity index (χ0n) is 14.4. The van der Waals surface area contributed by atoms with Crippen LogP contribution in [0.3, 0.4) is 0 Å². The van der Waals surface area contributed by atoms with E-state index in [-0.39, 0.29) is 18.1 Å². The number of carbonyl (C=O) groups excluding carboxylic acids is 1. The van der Waals surface area contributed by atoms with E-state index in [1.54, 1.807) is 12.4 Å². The molecule has 3 heterocycles. The van der Waals surface area contributed by atoms with E-state index in [1.165, 1.54) is 11.0 Å². The lowest BCUT2D eigenvalue weighted by atomic mass is 10.0. The van der Waals surface area contributed by atoms with Crippen LogP contribution >= 0.6 is 23.2 Å². The second kappa shape index (κ2) is 7.01. The van der Waals surface area contributed by atoms with E-state index < -0.39 is 18.6 Å². The van der Waals surface area contributed by atoms with Gasteiger partial charge in [0.1, 0.15) is 6.61 Å². The Morgan fingerprint density at radius 2 is 2.11 bits per heavy atom. The minimum Gasteiger partial charge on any atom is -0.465 e. The summed E-state index contributed by atoms with van der Waals surface area (Å²) < 4.78 is 1.92. The number of hydrogen-bond donors (Lipinski definition) is 4. The number of aliphatic hydroxyl groups excluding tert-OH is 1. The third-order valence-corrected chi connectivity index (χ3v) is 5.52. The fourth-order valence-corrected chi connectivity index (χ4v) is 4.02. The van der Waals surface area contributed by atoms with Crippen LogP contribution in [0, 0.1) is 0 Å². The molecule has 0 spiro atoms. The third kappa shape index (κ3) is 2.88. The summed E-state index contributed by atoms with van der Waals surface area (Å²) in [6.45, 7) is 0.122. The summed E-state index contributed by atoms with van der Waals surface area (Å²) in [5.74, 6) is -0.603. The predicted molar refractivity (Wildman–Crippen MR) is 104 cm³/mol. The molecule has 1 aliphatic rings. The molecule has 0 bridgehead atoms. The molecule has 0 fully saturated rings. The number of aromatic amines is 1. The molecule has 9 nitrogen and oxygen atoms in total. The van der Waals surface area contributed by atoms with Crippen LogP contribution in [-0.4, -0.2) is 55.0 Å². The van der Waals surface area contributed by atoms with Gasteiger partial charge in [0.25, 0.3) is 0 Å². The van der Waals surface area contributed by atoms with E-state index in [0.717, 1.165) is 0 Å². The molecule has 2 aromatic heterocycles. The lowest BCUT2D eigenvalue weighted by Crippen LogP contribution is -2.37. The van der Waals surface area contributed by atoms with Crippen molar-refractivity contribution in [3.63, 3.8) is 0 Å². The van der Waals surface area contributed by atoms with Crippen LogP contribution in [0.25, 0.3) is 22.0 Å². The lowest BCUT2D eigenvalue weighted by molar-refractivity contribution is -0.118. The van der Waals surface area contributed by atoms with Crippen LogP contribution in [0.15, 0.2) is 18.5 Å². The number of carbonyl (C=O) groups is 2. The Labute approximate surface area is 168 Å². The van der Waals surface area contributed by atoms with Crippen molar-refractivity contribution < 1.29 is 19.8 Å². The summed E-state index contributed by atoms with van der Waals surface area (Å²) in [6.07, 6.45) is 2.26. The molecular formula is C17H15Cl2N5O4. The van der Waals surface area contributed by atoms with Crippen LogP contribution < -0.4 is 5.32 Å². The first-order valence-corrected chi connectivity index (χ1v) is 9.08. The van der Waals surface area contributed by atoms with Gasteiger partial charge in [0.05, 0.1) is 34.0 Å². The molecule has 0 aliphatic carbocycles. The molecule has 0 radical (unpaired) electrons. The van der Waals surface area contributed by atoms with Crippen LogP contribution in [-0.2, 0) is 17.9 Å². The van der Waals surface area contributed by atoms with E-state index in [1.807, 2.05) is 4.57 Å². The highest BCUT2D eigenvalue weighted by Crippen LogP contribution is 2.46. The van der Waals surface area contributed by atoms with E-state index >= 15 is 0 Å². The van der Waals surface area contributed by atoms with E-state index in [0.29, 0.717) is 45.0 Å². The van der Waals surface area contributed by atoms with E-state index in [4.69, 9.17) is 28.3 Å². The predicted octanol–water partition coefficient (Wildman–Crippen LogP) is 2.76. The highest BCUT2D eigenvalue weighted by Gasteiger charge is 2.30. The zero-order valence-corrected chi connectivity index (χ0v) is 15.9. The highest BCUT2D eigenvalue weighted by molar-refractivity contribution is 6.46. The molecule has 146 valence electrons. The molecular weight excluding hydrogens is 409 g/mol. The maximum Gasteiger partial charge on any atom is 0.407 e. The van der Waals surface area contributed by atoms with Crippen molar-refractivity contribution in [2.24, 2.45) is 0 Å². The summed E-state index contributed by atoms with van der Waals surface area (Å²) >= 11 is 12.8. The van der Waals surface area contributed by atoms with Gasteiger partial charge in [0.2, 0.25) is 5.91 Å². The SMILES string of the molecule is O=C(CO)Nc1cc(Cl)c(Cl)c2c1c(-c1cn[nH]c1)c1n2CCN(C(=O)O)C1. The molecule has 0 unspecified atom stereocenters. The average molecular weight is 424 g/mol. The molecule has 4 N–H and O–H groups in total. The minimum absolute atomic E-state index is 0.145. The van der Waals surface area contributed by atoms with Gasteiger partial charge in [-0.25, -0.2) is 4.79 Å². The Kier molecular flexibility index (Phi) is 4.66. The van der Waals surface area contributed by atoms with Crippen molar-refractivity contribution in [1.82, 2.24) is 19.7 Å². The molecule has 1 aromatic carbocycles. The van der Waals surface area contributed by atoms with Crippen LogP contribution in [0.5, 0.6) is 0 Å². The van der Waals surface area contributed by atoms with Crippen molar-refractivity contribution in [1.29, 1.82) is 0 Å². The molecule has 2 amide bonds. The van der Waals surface area contributed by atoms with Gasteiger partial charge in [-0.15, -0.1) is 0 Å². The number of hydrogen-bond acceptors (Lipinski definition) is 4. The van der Waals surface area contributed by atoms with E-state index in [9.17, 15) is 14.7 Å². The molecule has 1 aliphatic heterocycles. The number of rotatable bonds is 3. The van der Waals surface area contributed by atoms with Crippen LogP contribution in [0.2, 0.25) is 10.0 Å². The number of nitrogens with zero attached hydrogens (tertiary/aromatic N) is 3. The average Bonchev–Trinajstić information content (AvgIpc) is 3.30. The number of carboxylic acid groups (broad SMARTS) is 1. The fraction of sp³-hybridized carbons (Fsp3) is 0.235. The summed E-state index contributed by atoms with van der Waals surface area (Å²) in [4.78, 5) is 24.7. The second-order valence-electron chi connectivity index (χ2n) is 6.31. The Morgan fingerprint density at radius 1 is 1.32 bits per heavy atom. The van der Waals surface area contributed by atoms with Crippen molar-refractivity contribution >= 4 is 51.8 Å². The number of aromatic nitrogens is 3. The molecule has 11 heteroatoms. The first-order valence-electron chi connectivity index (χ1n) is 8.33. The third-order valence-electron chi connectivity index (χ3n) is 4.74. The number of fused-ring (bicyclic) bond motifs is 3. The van der Waals surface area contributed by atoms with Crippen LogP contribution in [0.1, 0.15) is 5.69 Å². The van der Waals surface area contributed by atoms with Gasteiger partial charge < -0.3 is 25.0 Å². The van der Waals surface area contributed by atoms with Gasteiger partial charge in [-0.05, 0) is 6.07 Å². The summed E-state index contributed by atoms with van der Waals surface area (Å²) in [5, 5.41) is 29.1. The second-order valence-corrected chi connectivity index (χ2v) is 7.10. The smallest absolute Gasteiger partial charge is 0.407 e. The monoisotopic (exact) mass is 423 g/mol. The van der Waals surface area contributed by atoms with Gasteiger partial charge in [0, 0.05) is 41.5 Å². The molecule has 0 saturated heterocycles. The van der Waals surface area contributed by atoms with Gasteiger partial charge in [-0.3, -0.25) is 9.89 Å². The normalized spacial score (nSPS) is 13.6. The van der Waals surface area contributed by atoms with Gasteiger partial charge in [-0.2, -0.15) is 5.10 Å². The Balaban J connectivity index is 2.07. The quantitative estimate of drug-likeness (QED) is 0.515. The molecule has 4 rings (SSSR count). The van der Waals surface area contributed by atoms with Crippen molar-refractivity contribution in [3.8, 4) is 11.1 Å². The summed E-state index contributed by atoms with van der Waals surface area (Å²) in [7, 11) is 0. The Bertz CT molecular complexity index is 1090. The molecule has 28 heavy (non-hydrogen) atoms. The van der Waals surface area contributed by atoms with Crippen molar-refractivity contribution in [3.05, 3.63) is 34.2 Å². The minimum atomic E-state index is -1.02. The van der Waals surface area contributed by atoms with Crippen LogP contribution in [0.4, 0.5) is 10.5 Å². The number of halogens is 2. The number of nitrogens with one attached hydrogen (secondary N) is 2. The zero-order chi connectivity index (χ0) is 20.0. The van der Waals surface area contributed by atoms with E-state index in [2.05, 4.69) is 15.5 Å². The molecule has 3 aromatic rings. The first-order chi connectivity index (χ1) is 13.4. The summed E-state index contributed by atoms with van der Waals surface area (Å²) in [5.41, 5.74) is 3.10. The fourth-order valence-electron chi connectivity index (χ4n) is 3.58. The largest absolute Gasteiger partial charge is 0.465 e. The Morgan fingerprint density at radius 3 is 2.75 bits per heavy atom. The highest BCUT2D eigenvalue weighted by atomic mass is 35.5. The van der Waals surface area contributed by atoms with Crippen molar-refractivity contribution in [2.75, 3.05) is 18.5 Å². The maximum absolute atomic E-state index is 11.9. The first kappa shape index (κ1) is 18.6. The Hall–Kier alpha value is -2.75. The van der Waals surface area contributed by atoms with Gasteiger partial charge in [0.15, 0.2) is 0 Å².